The minimum Gasteiger partial charge on any atom is -0.0968 e. The lowest BCUT2D eigenvalue weighted by Gasteiger charge is -2.32. The first-order valence-electron chi connectivity index (χ1n) is 4.51. The van der Waals surface area contributed by atoms with Crippen molar-refractivity contribution in [2.24, 2.45) is 0 Å². The molecule has 0 fully saturated rings. The Bertz CT molecular complexity index is 194. The van der Waals surface area contributed by atoms with Crippen LogP contribution < -0.4 is 0 Å². The highest BCUT2D eigenvalue weighted by Crippen LogP contribution is 2.20. The highest BCUT2D eigenvalue weighted by molar-refractivity contribution is 7.42. The molecule has 12 heavy (non-hydrogen) atoms. The first-order valence-corrected chi connectivity index (χ1v) is 12.1. The smallest absolute Gasteiger partial charge is 0.0645 e. The maximum atomic E-state index is 3.89. The van der Waals surface area contributed by atoms with Gasteiger partial charge in [-0.15, -0.1) is 0 Å². The van der Waals surface area contributed by atoms with E-state index in [1.165, 1.54) is 5.57 Å². The number of rotatable bonds is 3. The van der Waals surface area contributed by atoms with Crippen molar-refractivity contribution >= 4 is 15.2 Å². The fraction of sp³-hybridized carbons (Fsp3) is 0.600. The van der Waals surface area contributed by atoms with Crippen LogP contribution in [-0.2, 0) is 0 Å². The van der Waals surface area contributed by atoms with Crippen LogP contribution in [0.5, 0.6) is 0 Å². The predicted molar refractivity (Wildman–Crippen MR) is 64.8 cm³/mol. The second kappa shape index (κ2) is 3.75. The average Bonchev–Trinajstić information content (AvgIpc) is 1.81. The summed E-state index contributed by atoms with van der Waals surface area (Å²) in [6, 6.07) is 0. The zero-order valence-corrected chi connectivity index (χ0v) is 11.4. The van der Waals surface area contributed by atoms with Gasteiger partial charge < -0.3 is 0 Å². The molecular weight excluding hydrogens is 176 g/mol. The fourth-order valence-electron chi connectivity index (χ4n) is 0.601. The Hall–Kier alpha value is -0.0862. The number of hydrogen-bond acceptors (Lipinski definition) is 0. The van der Waals surface area contributed by atoms with Crippen LogP contribution in [0.25, 0.3) is 0 Å². The van der Waals surface area contributed by atoms with E-state index < -0.39 is 15.2 Å². The molecule has 0 radical (unpaired) electrons. The van der Waals surface area contributed by atoms with Crippen LogP contribution in [0, 0.1) is 0 Å². The minimum absolute atomic E-state index is 0.941. The van der Waals surface area contributed by atoms with Crippen LogP contribution in [-0.4, -0.2) is 15.2 Å². The summed E-state index contributed by atoms with van der Waals surface area (Å²) in [6.45, 7) is 18.2. The van der Waals surface area contributed by atoms with Crippen molar-refractivity contribution in [2.75, 3.05) is 0 Å². The quantitative estimate of drug-likeness (QED) is 0.478. The standard InChI is InChI=1S/C10H22Si2/c1-10(2)8-9-12(6,7)11(3,4)5/h8-9H,1H2,2-7H3/b9-8-. The zero-order valence-electron chi connectivity index (χ0n) is 9.36. The normalized spacial score (nSPS) is 13.8. The Balaban J connectivity index is 4.54. The molecule has 0 saturated heterocycles. The molecule has 0 aliphatic carbocycles. The Kier molecular flexibility index (Phi) is 3.72. The van der Waals surface area contributed by atoms with Gasteiger partial charge in [0.05, 0.1) is 7.59 Å². The van der Waals surface area contributed by atoms with Crippen molar-refractivity contribution in [1.82, 2.24) is 0 Å². The highest BCUT2D eigenvalue weighted by Gasteiger charge is 2.33. The van der Waals surface area contributed by atoms with Crippen LogP contribution in [0.3, 0.4) is 0 Å². The van der Waals surface area contributed by atoms with Gasteiger partial charge in [0.25, 0.3) is 0 Å². The predicted octanol–water partition coefficient (Wildman–Crippen LogP) is 3.78. The van der Waals surface area contributed by atoms with E-state index in [1.807, 2.05) is 0 Å². The Morgan fingerprint density at radius 3 is 1.75 bits per heavy atom. The van der Waals surface area contributed by atoms with Gasteiger partial charge in [0.1, 0.15) is 0 Å². The summed E-state index contributed by atoms with van der Waals surface area (Å²) in [5, 5.41) is 0. The Morgan fingerprint density at radius 1 is 1.08 bits per heavy atom. The summed E-state index contributed by atoms with van der Waals surface area (Å²) in [4.78, 5) is 0. The van der Waals surface area contributed by atoms with Gasteiger partial charge in [-0.25, -0.2) is 0 Å². The van der Waals surface area contributed by atoms with E-state index in [1.54, 1.807) is 0 Å². The van der Waals surface area contributed by atoms with Gasteiger partial charge in [0.15, 0.2) is 0 Å². The lowest BCUT2D eigenvalue weighted by Crippen LogP contribution is -2.50. The van der Waals surface area contributed by atoms with E-state index in [0.29, 0.717) is 0 Å². The van der Waals surface area contributed by atoms with Crippen LogP contribution in [0.2, 0.25) is 32.7 Å². The molecule has 0 spiro atoms. The maximum absolute atomic E-state index is 3.89. The Labute approximate surface area is 79.2 Å². The first-order chi connectivity index (χ1) is 5.17. The molecule has 0 aliphatic rings. The van der Waals surface area contributed by atoms with Gasteiger partial charge in [0, 0.05) is 7.59 Å². The van der Waals surface area contributed by atoms with E-state index in [9.17, 15) is 0 Å². The molecule has 0 nitrogen and oxygen atoms in total. The third-order valence-corrected chi connectivity index (χ3v) is 19.7. The van der Waals surface area contributed by atoms with Crippen LogP contribution >= 0.6 is 0 Å². The molecule has 0 aliphatic heterocycles. The van der Waals surface area contributed by atoms with Crippen molar-refractivity contribution in [1.29, 1.82) is 0 Å². The fourth-order valence-corrected chi connectivity index (χ4v) is 3.55. The van der Waals surface area contributed by atoms with E-state index in [-0.39, 0.29) is 0 Å². The number of hydrogen-bond donors (Lipinski definition) is 0. The van der Waals surface area contributed by atoms with Gasteiger partial charge >= 0.3 is 0 Å². The van der Waals surface area contributed by atoms with Gasteiger partial charge in [-0.1, -0.05) is 56.7 Å². The summed E-state index contributed by atoms with van der Waals surface area (Å²) in [5.74, 6) is 0. The minimum atomic E-state index is -1.07. The summed E-state index contributed by atoms with van der Waals surface area (Å²) in [5.41, 5.74) is 3.62. The monoisotopic (exact) mass is 198 g/mol. The van der Waals surface area contributed by atoms with E-state index in [4.69, 9.17) is 0 Å². The molecule has 0 aromatic carbocycles. The van der Waals surface area contributed by atoms with Gasteiger partial charge in [-0.05, 0) is 6.92 Å². The molecule has 0 N–H and O–H groups in total. The molecule has 2 heteroatoms. The lowest BCUT2D eigenvalue weighted by molar-refractivity contribution is 1.56. The molecule has 70 valence electrons. The third-order valence-electron chi connectivity index (χ3n) is 2.72. The molecule has 0 aromatic heterocycles. The van der Waals surface area contributed by atoms with Gasteiger partial charge in [0.2, 0.25) is 0 Å². The second-order valence-electron chi connectivity index (χ2n) is 5.15. The van der Waals surface area contributed by atoms with Crippen LogP contribution in [0.1, 0.15) is 6.92 Å². The zero-order chi connectivity index (χ0) is 9.99. The molecule has 0 amide bonds. The van der Waals surface area contributed by atoms with Gasteiger partial charge in [-0.3, -0.25) is 0 Å². The first kappa shape index (κ1) is 11.9. The molecule has 0 rings (SSSR count). The van der Waals surface area contributed by atoms with E-state index in [0.717, 1.165) is 0 Å². The van der Waals surface area contributed by atoms with Gasteiger partial charge in [-0.2, -0.15) is 0 Å². The molecule has 0 unspecified atom stereocenters. The maximum Gasteiger partial charge on any atom is 0.0645 e. The van der Waals surface area contributed by atoms with E-state index in [2.05, 4.69) is 58.0 Å². The summed E-state index contributed by atoms with van der Waals surface area (Å²) >= 11 is 0. The summed E-state index contributed by atoms with van der Waals surface area (Å²) in [7, 11) is -2.01. The topological polar surface area (TPSA) is 0 Å². The highest BCUT2D eigenvalue weighted by atomic mass is 29.3. The van der Waals surface area contributed by atoms with Crippen molar-refractivity contribution in [3.05, 3.63) is 23.9 Å². The largest absolute Gasteiger partial charge is 0.0968 e. The number of allylic oxidation sites excluding steroid dienone is 2. The third kappa shape index (κ3) is 3.54. The average molecular weight is 198 g/mol. The van der Waals surface area contributed by atoms with Crippen LogP contribution in [0.15, 0.2) is 23.9 Å². The lowest BCUT2D eigenvalue weighted by atomic mass is 10.4. The summed E-state index contributed by atoms with van der Waals surface area (Å²) < 4.78 is 0. The molecule has 0 aromatic rings. The summed E-state index contributed by atoms with van der Waals surface area (Å²) in [6.07, 6.45) is 2.20. The molecule has 0 atom stereocenters. The molecule has 0 bridgehead atoms. The van der Waals surface area contributed by atoms with Crippen molar-refractivity contribution in [2.45, 2.75) is 39.7 Å². The Morgan fingerprint density at radius 2 is 1.50 bits per heavy atom. The molecular formula is C10H22Si2. The SMILES string of the molecule is C=C(C)/C=C\[Si](C)(C)[Si](C)(C)C. The van der Waals surface area contributed by atoms with E-state index >= 15 is 0 Å². The molecule has 0 heterocycles. The van der Waals surface area contributed by atoms with Crippen molar-refractivity contribution in [3.63, 3.8) is 0 Å². The van der Waals surface area contributed by atoms with Crippen molar-refractivity contribution < 1.29 is 0 Å². The molecule has 0 saturated carbocycles. The van der Waals surface area contributed by atoms with Crippen LogP contribution in [0.4, 0.5) is 0 Å². The van der Waals surface area contributed by atoms with Crippen molar-refractivity contribution in [3.8, 4) is 0 Å². The second-order valence-corrected chi connectivity index (χ2v) is 21.8.